The van der Waals surface area contributed by atoms with Crippen molar-refractivity contribution in [3.05, 3.63) is 104 Å². The summed E-state index contributed by atoms with van der Waals surface area (Å²) in [4.78, 5) is 22.8. The number of rotatable bonds is 8. The lowest BCUT2D eigenvalue weighted by Crippen LogP contribution is -2.10. The zero-order valence-electron chi connectivity index (χ0n) is 16.9. The number of aromatic nitrogens is 2. The summed E-state index contributed by atoms with van der Waals surface area (Å²) < 4.78 is 12.7. The molecule has 11 heteroatoms. The first-order chi connectivity index (χ1) is 15.9. The molecule has 0 aliphatic heterocycles. The van der Waals surface area contributed by atoms with Crippen LogP contribution in [0.4, 0.5) is 11.4 Å². The van der Waals surface area contributed by atoms with Gasteiger partial charge in [0.05, 0.1) is 34.4 Å². The number of nitrogens with one attached hydrogen (secondary N) is 1. The zero-order chi connectivity index (χ0) is 23.4. The van der Waals surface area contributed by atoms with Crippen LogP contribution >= 0.6 is 23.2 Å². The predicted molar refractivity (Wildman–Crippen MR) is 122 cm³/mol. The van der Waals surface area contributed by atoms with Gasteiger partial charge in [-0.25, -0.2) is 0 Å². The van der Waals surface area contributed by atoms with Gasteiger partial charge >= 0.3 is 0 Å². The number of nitro benzene ring substituents is 1. The molecule has 0 radical (unpaired) electrons. The van der Waals surface area contributed by atoms with Gasteiger partial charge in [0.25, 0.3) is 11.6 Å². The van der Waals surface area contributed by atoms with Crippen molar-refractivity contribution in [1.29, 1.82) is 0 Å². The van der Waals surface area contributed by atoms with Gasteiger partial charge in [-0.3, -0.25) is 19.6 Å². The number of non-ortho nitro benzene ring substituents is 1. The minimum atomic E-state index is -0.546. The fourth-order valence-electron chi connectivity index (χ4n) is 2.93. The second kappa shape index (κ2) is 9.76. The van der Waals surface area contributed by atoms with Crippen molar-refractivity contribution >= 4 is 40.5 Å². The minimum absolute atomic E-state index is 0.0623. The van der Waals surface area contributed by atoms with Crippen LogP contribution in [0.15, 0.2) is 71.4 Å². The zero-order valence-corrected chi connectivity index (χ0v) is 18.4. The number of hydrogen-bond acceptors (Lipinski definition) is 6. The van der Waals surface area contributed by atoms with E-state index in [0.717, 1.165) is 5.56 Å². The number of amides is 1. The van der Waals surface area contributed by atoms with E-state index < -0.39 is 10.8 Å². The van der Waals surface area contributed by atoms with Gasteiger partial charge in [-0.15, -0.1) is 0 Å². The SMILES string of the molecule is O=C(Nc1cnn(Cc2ccc(Cl)cc2)c1)c1ccc(COc2cc([N+](=O)[O-])ccc2Cl)o1. The highest BCUT2D eigenvalue weighted by Gasteiger charge is 2.15. The Kier molecular flexibility index (Phi) is 6.62. The van der Waals surface area contributed by atoms with Crippen molar-refractivity contribution in [3.8, 4) is 5.75 Å². The van der Waals surface area contributed by atoms with E-state index >= 15 is 0 Å². The quantitative estimate of drug-likeness (QED) is 0.257. The monoisotopic (exact) mass is 486 g/mol. The molecule has 0 saturated heterocycles. The molecule has 2 aromatic heterocycles. The Bertz CT molecular complexity index is 1300. The molecule has 0 saturated carbocycles. The van der Waals surface area contributed by atoms with Gasteiger partial charge in [0.1, 0.15) is 18.1 Å². The lowest BCUT2D eigenvalue weighted by Gasteiger charge is -2.06. The molecule has 168 valence electrons. The lowest BCUT2D eigenvalue weighted by atomic mass is 10.2. The molecule has 2 heterocycles. The Balaban J connectivity index is 1.35. The summed E-state index contributed by atoms with van der Waals surface area (Å²) in [5, 5.41) is 18.7. The molecular weight excluding hydrogens is 471 g/mol. The maximum absolute atomic E-state index is 12.5. The van der Waals surface area contributed by atoms with Crippen LogP contribution in [-0.2, 0) is 13.2 Å². The van der Waals surface area contributed by atoms with Crippen LogP contribution in [0.5, 0.6) is 5.75 Å². The summed E-state index contributed by atoms with van der Waals surface area (Å²) in [7, 11) is 0. The van der Waals surface area contributed by atoms with Gasteiger partial charge in [-0.05, 0) is 35.9 Å². The number of nitro groups is 1. The van der Waals surface area contributed by atoms with Crippen molar-refractivity contribution in [1.82, 2.24) is 9.78 Å². The Hall–Kier alpha value is -3.82. The smallest absolute Gasteiger partial charge is 0.291 e. The summed E-state index contributed by atoms with van der Waals surface area (Å²) in [6, 6.07) is 14.4. The van der Waals surface area contributed by atoms with E-state index in [9.17, 15) is 14.9 Å². The molecule has 1 amide bonds. The molecule has 4 rings (SSSR count). The first-order valence-corrected chi connectivity index (χ1v) is 10.4. The van der Waals surface area contributed by atoms with Crippen molar-refractivity contribution in [3.63, 3.8) is 0 Å². The third-order valence-corrected chi connectivity index (χ3v) is 5.09. The minimum Gasteiger partial charge on any atom is -0.484 e. The van der Waals surface area contributed by atoms with Gasteiger partial charge in [-0.2, -0.15) is 5.10 Å². The first-order valence-electron chi connectivity index (χ1n) is 9.61. The molecule has 0 spiro atoms. The lowest BCUT2D eigenvalue weighted by molar-refractivity contribution is -0.384. The summed E-state index contributed by atoms with van der Waals surface area (Å²) in [6.45, 7) is 0.461. The van der Waals surface area contributed by atoms with E-state index in [2.05, 4.69) is 10.4 Å². The number of carbonyl (C=O) groups is 1. The van der Waals surface area contributed by atoms with Gasteiger partial charge in [0, 0.05) is 17.3 Å². The highest BCUT2D eigenvalue weighted by atomic mass is 35.5. The van der Waals surface area contributed by atoms with Gasteiger partial charge in [0.15, 0.2) is 5.76 Å². The van der Waals surface area contributed by atoms with E-state index in [1.54, 1.807) is 29.1 Å². The maximum Gasteiger partial charge on any atom is 0.291 e. The molecule has 0 unspecified atom stereocenters. The summed E-state index contributed by atoms with van der Waals surface area (Å²) in [5.74, 6) is 0.104. The largest absolute Gasteiger partial charge is 0.484 e. The van der Waals surface area contributed by atoms with Crippen LogP contribution in [0.2, 0.25) is 10.0 Å². The second-order valence-electron chi connectivity index (χ2n) is 6.93. The molecule has 0 fully saturated rings. The highest BCUT2D eigenvalue weighted by Crippen LogP contribution is 2.29. The van der Waals surface area contributed by atoms with Crippen molar-refractivity contribution in [2.75, 3.05) is 5.32 Å². The van der Waals surface area contributed by atoms with Crippen LogP contribution in [0, 0.1) is 10.1 Å². The maximum atomic E-state index is 12.5. The number of furan rings is 1. The van der Waals surface area contributed by atoms with Crippen molar-refractivity contribution in [2.45, 2.75) is 13.2 Å². The van der Waals surface area contributed by atoms with Gasteiger partial charge in [0.2, 0.25) is 0 Å². The third-order valence-electron chi connectivity index (χ3n) is 4.53. The second-order valence-corrected chi connectivity index (χ2v) is 7.78. The van der Waals surface area contributed by atoms with E-state index in [4.69, 9.17) is 32.4 Å². The molecule has 0 aliphatic carbocycles. The van der Waals surface area contributed by atoms with Gasteiger partial charge in [-0.1, -0.05) is 35.3 Å². The van der Waals surface area contributed by atoms with E-state index in [1.165, 1.54) is 30.5 Å². The van der Waals surface area contributed by atoms with E-state index in [-0.39, 0.29) is 28.8 Å². The Morgan fingerprint density at radius 3 is 2.70 bits per heavy atom. The van der Waals surface area contributed by atoms with Crippen LogP contribution in [-0.4, -0.2) is 20.6 Å². The van der Waals surface area contributed by atoms with Crippen LogP contribution < -0.4 is 10.1 Å². The Morgan fingerprint density at radius 2 is 1.94 bits per heavy atom. The van der Waals surface area contributed by atoms with E-state index in [1.807, 2.05) is 12.1 Å². The summed E-state index contributed by atoms with van der Waals surface area (Å²) in [6.07, 6.45) is 3.23. The number of ether oxygens (including phenoxy) is 1. The summed E-state index contributed by atoms with van der Waals surface area (Å²) in [5.41, 5.74) is 1.37. The number of benzene rings is 2. The number of carbonyl (C=O) groups excluding carboxylic acids is 1. The molecular formula is C22H16Cl2N4O5. The normalized spacial score (nSPS) is 10.7. The average molecular weight is 487 g/mol. The molecule has 2 aromatic carbocycles. The Morgan fingerprint density at radius 1 is 1.15 bits per heavy atom. The molecule has 33 heavy (non-hydrogen) atoms. The van der Waals surface area contributed by atoms with Crippen molar-refractivity contribution < 1.29 is 18.9 Å². The first kappa shape index (κ1) is 22.4. The Labute approximate surface area is 197 Å². The van der Waals surface area contributed by atoms with Crippen molar-refractivity contribution in [2.24, 2.45) is 0 Å². The number of nitrogens with zero attached hydrogens (tertiary/aromatic N) is 3. The third kappa shape index (κ3) is 5.71. The fourth-order valence-corrected chi connectivity index (χ4v) is 3.22. The standard InChI is InChI=1S/C22H16Cl2N4O5/c23-15-3-1-14(2-4-15)11-27-12-16(10-25-27)26-22(29)20-8-6-18(33-20)13-32-21-9-17(28(30)31)5-7-19(21)24/h1-10,12H,11,13H2,(H,26,29). The van der Waals surface area contributed by atoms with Crippen LogP contribution in [0.25, 0.3) is 0 Å². The van der Waals surface area contributed by atoms with Crippen LogP contribution in [0.1, 0.15) is 21.9 Å². The highest BCUT2D eigenvalue weighted by molar-refractivity contribution is 6.32. The molecule has 0 atom stereocenters. The fraction of sp³-hybridized carbons (Fsp3) is 0.0909. The molecule has 4 aromatic rings. The molecule has 1 N–H and O–H groups in total. The van der Waals surface area contributed by atoms with Crippen LogP contribution in [0.3, 0.4) is 0 Å². The molecule has 9 nitrogen and oxygen atoms in total. The predicted octanol–water partition coefficient (Wildman–Crippen LogP) is 5.57. The summed E-state index contributed by atoms with van der Waals surface area (Å²) >= 11 is 11.9. The number of hydrogen-bond donors (Lipinski definition) is 1. The topological polar surface area (TPSA) is 112 Å². The number of halogens is 2. The molecule has 0 aliphatic rings. The van der Waals surface area contributed by atoms with Gasteiger partial charge < -0.3 is 14.5 Å². The number of anilines is 1. The molecule has 0 bridgehead atoms. The van der Waals surface area contributed by atoms with E-state index in [0.29, 0.717) is 23.0 Å². The average Bonchev–Trinajstić information content (AvgIpc) is 3.44.